The zero-order chi connectivity index (χ0) is 13.8. The average Bonchev–Trinajstić information content (AvgIpc) is 2.88. The number of carbonyl (C=O) groups is 2. The number of urea groups is 1. The fraction of sp³-hybridized carbons (Fsp3) is 0.333. The Morgan fingerprint density at radius 2 is 2.21 bits per heavy atom. The summed E-state index contributed by atoms with van der Waals surface area (Å²) in [5.41, 5.74) is 0.524. The quantitative estimate of drug-likeness (QED) is 0.882. The number of nitrogens with zero attached hydrogens (tertiary/aromatic N) is 1. The molecular formula is C12H14N2O4S. The number of hydrogen-bond donors (Lipinski definition) is 2. The molecule has 7 heteroatoms. The SMILES string of the molecule is COc1ccccc1NC(=O)N1CSCC1C(=O)O. The number of anilines is 1. The van der Waals surface area contributed by atoms with E-state index in [0.717, 1.165) is 0 Å². The number of thioether (sulfide) groups is 1. The summed E-state index contributed by atoms with van der Waals surface area (Å²) < 4.78 is 5.13. The molecule has 2 N–H and O–H groups in total. The normalized spacial score (nSPS) is 18.2. The number of benzene rings is 1. The molecule has 0 aliphatic carbocycles. The Hall–Kier alpha value is -1.89. The first-order chi connectivity index (χ1) is 9.13. The van der Waals surface area contributed by atoms with Gasteiger partial charge in [0.25, 0.3) is 0 Å². The summed E-state index contributed by atoms with van der Waals surface area (Å²) in [7, 11) is 1.51. The molecule has 1 saturated heterocycles. The van der Waals surface area contributed by atoms with Crippen LogP contribution in [-0.4, -0.2) is 46.8 Å². The van der Waals surface area contributed by atoms with Gasteiger partial charge in [-0.3, -0.25) is 0 Å². The van der Waals surface area contributed by atoms with Crippen LogP contribution in [0.1, 0.15) is 0 Å². The van der Waals surface area contributed by atoms with Gasteiger partial charge in [-0.2, -0.15) is 0 Å². The molecule has 0 spiro atoms. The number of aliphatic carboxylic acids is 1. The van der Waals surface area contributed by atoms with E-state index in [0.29, 0.717) is 23.1 Å². The van der Waals surface area contributed by atoms with Gasteiger partial charge in [0.15, 0.2) is 0 Å². The van der Waals surface area contributed by atoms with E-state index in [1.165, 1.54) is 23.8 Å². The van der Waals surface area contributed by atoms with E-state index in [-0.39, 0.29) is 0 Å². The second-order valence-electron chi connectivity index (χ2n) is 3.95. The van der Waals surface area contributed by atoms with Crippen LogP contribution in [0, 0.1) is 0 Å². The largest absolute Gasteiger partial charge is 0.495 e. The summed E-state index contributed by atoms with van der Waals surface area (Å²) in [6.07, 6.45) is 0. The molecule has 1 aromatic carbocycles. The Bertz CT molecular complexity index is 494. The van der Waals surface area contributed by atoms with Crippen molar-refractivity contribution in [3.8, 4) is 5.75 Å². The maximum Gasteiger partial charge on any atom is 0.327 e. The van der Waals surface area contributed by atoms with Crippen molar-refractivity contribution in [2.24, 2.45) is 0 Å². The van der Waals surface area contributed by atoms with Crippen LogP contribution >= 0.6 is 11.8 Å². The van der Waals surface area contributed by atoms with Crippen LogP contribution < -0.4 is 10.1 Å². The second-order valence-corrected chi connectivity index (χ2v) is 4.95. The first kappa shape index (κ1) is 13.5. The Morgan fingerprint density at radius 1 is 1.47 bits per heavy atom. The van der Waals surface area contributed by atoms with Crippen LogP contribution in [0.5, 0.6) is 5.75 Å². The third-order valence-electron chi connectivity index (χ3n) is 2.78. The van der Waals surface area contributed by atoms with Crippen LogP contribution in [0.25, 0.3) is 0 Å². The Labute approximate surface area is 114 Å². The van der Waals surface area contributed by atoms with Gasteiger partial charge in [-0.25, -0.2) is 9.59 Å². The van der Waals surface area contributed by atoms with Gasteiger partial charge in [-0.15, -0.1) is 11.8 Å². The Kier molecular flexibility index (Phi) is 4.16. The van der Waals surface area contributed by atoms with Crippen molar-refractivity contribution in [3.63, 3.8) is 0 Å². The number of para-hydroxylation sites is 2. The first-order valence-electron chi connectivity index (χ1n) is 5.64. The molecule has 1 atom stereocenters. The lowest BCUT2D eigenvalue weighted by molar-refractivity contribution is -0.140. The van der Waals surface area contributed by atoms with Crippen molar-refractivity contribution in [2.75, 3.05) is 24.1 Å². The number of carboxylic acids is 1. The molecule has 1 fully saturated rings. The van der Waals surface area contributed by atoms with Crippen LogP contribution in [0.2, 0.25) is 0 Å². The summed E-state index contributed by atoms with van der Waals surface area (Å²) >= 11 is 1.42. The highest BCUT2D eigenvalue weighted by molar-refractivity contribution is 7.99. The zero-order valence-electron chi connectivity index (χ0n) is 10.3. The number of ether oxygens (including phenoxy) is 1. The third kappa shape index (κ3) is 2.93. The molecule has 1 aliphatic heterocycles. The van der Waals surface area contributed by atoms with E-state index in [1.807, 2.05) is 0 Å². The van der Waals surface area contributed by atoms with Gasteiger partial charge in [-0.1, -0.05) is 12.1 Å². The maximum atomic E-state index is 12.1. The smallest absolute Gasteiger partial charge is 0.327 e. The summed E-state index contributed by atoms with van der Waals surface area (Å²) in [6, 6.07) is 5.78. The minimum absolute atomic E-state index is 0.373. The van der Waals surface area contributed by atoms with E-state index in [2.05, 4.69) is 5.32 Å². The van der Waals surface area contributed by atoms with Gasteiger partial charge in [0.05, 0.1) is 18.7 Å². The number of nitrogens with one attached hydrogen (secondary N) is 1. The molecule has 0 radical (unpaired) electrons. The summed E-state index contributed by atoms with van der Waals surface area (Å²) in [5.74, 6) is 0.335. The number of hydrogen-bond acceptors (Lipinski definition) is 4. The van der Waals surface area contributed by atoms with Gasteiger partial charge in [0.1, 0.15) is 11.8 Å². The van der Waals surface area contributed by atoms with E-state index >= 15 is 0 Å². The van der Waals surface area contributed by atoms with E-state index in [9.17, 15) is 9.59 Å². The van der Waals surface area contributed by atoms with Crippen LogP contribution in [0.15, 0.2) is 24.3 Å². The molecule has 1 aliphatic rings. The van der Waals surface area contributed by atoms with Gasteiger partial charge >= 0.3 is 12.0 Å². The molecule has 1 unspecified atom stereocenters. The fourth-order valence-electron chi connectivity index (χ4n) is 1.78. The summed E-state index contributed by atoms with van der Waals surface area (Å²) in [5, 5.41) is 11.7. The molecule has 2 rings (SSSR count). The van der Waals surface area contributed by atoms with Gasteiger partial charge < -0.3 is 20.1 Å². The zero-order valence-corrected chi connectivity index (χ0v) is 11.1. The average molecular weight is 282 g/mol. The molecular weight excluding hydrogens is 268 g/mol. The molecule has 0 bridgehead atoms. The number of carboxylic acid groups (broad SMARTS) is 1. The molecule has 19 heavy (non-hydrogen) atoms. The van der Waals surface area contributed by atoms with E-state index < -0.39 is 18.0 Å². The predicted octanol–water partition coefficient (Wildman–Crippen LogP) is 1.69. The highest BCUT2D eigenvalue weighted by atomic mass is 32.2. The molecule has 6 nitrogen and oxygen atoms in total. The van der Waals surface area contributed by atoms with Gasteiger partial charge in [0.2, 0.25) is 0 Å². The lowest BCUT2D eigenvalue weighted by Crippen LogP contribution is -2.44. The van der Waals surface area contributed by atoms with Crippen LogP contribution in [-0.2, 0) is 4.79 Å². The highest BCUT2D eigenvalue weighted by Gasteiger charge is 2.34. The second kappa shape index (κ2) is 5.83. The van der Waals surface area contributed by atoms with Crippen molar-refractivity contribution >= 4 is 29.4 Å². The summed E-state index contributed by atoms with van der Waals surface area (Å²) in [6.45, 7) is 0. The number of amides is 2. The fourth-order valence-corrected chi connectivity index (χ4v) is 2.93. The van der Waals surface area contributed by atoms with E-state index in [1.54, 1.807) is 24.3 Å². The minimum atomic E-state index is -0.986. The topological polar surface area (TPSA) is 78.9 Å². The predicted molar refractivity (Wildman–Crippen MR) is 72.6 cm³/mol. The molecule has 1 heterocycles. The highest BCUT2D eigenvalue weighted by Crippen LogP contribution is 2.26. The first-order valence-corrected chi connectivity index (χ1v) is 6.80. The van der Waals surface area contributed by atoms with Crippen molar-refractivity contribution in [1.29, 1.82) is 0 Å². The molecule has 0 aromatic heterocycles. The van der Waals surface area contributed by atoms with Crippen molar-refractivity contribution in [1.82, 2.24) is 4.90 Å². The monoisotopic (exact) mass is 282 g/mol. The number of carbonyl (C=O) groups excluding carboxylic acids is 1. The lowest BCUT2D eigenvalue weighted by atomic mass is 10.3. The minimum Gasteiger partial charge on any atom is -0.495 e. The lowest BCUT2D eigenvalue weighted by Gasteiger charge is -2.21. The maximum absolute atomic E-state index is 12.1. The van der Waals surface area contributed by atoms with Crippen molar-refractivity contribution < 1.29 is 19.4 Å². The Balaban J connectivity index is 2.10. The molecule has 1 aromatic rings. The van der Waals surface area contributed by atoms with Crippen LogP contribution in [0.4, 0.5) is 10.5 Å². The van der Waals surface area contributed by atoms with Crippen molar-refractivity contribution in [2.45, 2.75) is 6.04 Å². The Morgan fingerprint density at radius 3 is 2.89 bits per heavy atom. The molecule has 0 saturated carbocycles. The van der Waals surface area contributed by atoms with Crippen LogP contribution in [0.3, 0.4) is 0 Å². The number of rotatable bonds is 3. The van der Waals surface area contributed by atoms with E-state index in [4.69, 9.17) is 9.84 Å². The van der Waals surface area contributed by atoms with Gasteiger partial charge in [0, 0.05) is 5.75 Å². The van der Waals surface area contributed by atoms with Crippen molar-refractivity contribution in [3.05, 3.63) is 24.3 Å². The number of methoxy groups -OCH3 is 1. The standard InChI is InChI=1S/C12H14N2O4S/c1-18-10-5-3-2-4-8(10)13-12(17)14-7-19-6-9(14)11(15)16/h2-5,9H,6-7H2,1H3,(H,13,17)(H,15,16). The molecule has 2 amide bonds. The van der Waals surface area contributed by atoms with Gasteiger partial charge in [-0.05, 0) is 12.1 Å². The summed E-state index contributed by atoms with van der Waals surface area (Å²) in [4.78, 5) is 24.4. The third-order valence-corrected chi connectivity index (χ3v) is 3.79. The molecule has 102 valence electrons.